The molecule has 0 aliphatic carbocycles. The number of amides is 3. The Kier molecular flexibility index (Phi) is 7.20. The average molecular weight is 454 g/mol. The summed E-state index contributed by atoms with van der Waals surface area (Å²) in [5.74, 6) is -0.0883. The first-order chi connectivity index (χ1) is 15.0. The van der Waals surface area contributed by atoms with Gasteiger partial charge < -0.3 is 33.3 Å². The van der Waals surface area contributed by atoms with Crippen LogP contribution in [0.2, 0.25) is 0 Å². The Morgan fingerprint density at radius 2 is 1.72 bits per heavy atom. The number of hydrogen-bond donors (Lipinski definition) is 4. The molecule has 0 bridgehead atoms. The summed E-state index contributed by atoms with van der Waals surface area (Å²) in [5, 5.41) is 12.6. The Hall–Kier alpha value is -3.32. The first kappa shape index (κ1) is 23.3. The molecule has 0 fully saturated rings. The summed E-state index contributed by atoms with van der Waals surface area (Å²) in [6.45, 7) is 3.24. The number of urea groups is 1. The van der Waals surface area contributed by atoms with Gasteiger partial charge in [0.25, 0.3) is 5.91 Å². The van der Waals surface area contributed by atoms with Crippen molar-refractivity contribution in [2.24, 2.45) is 7.05 Å². The molecule has 2 heterocycles. The van der Waals surface area contributed by atoms with E-state index in [2.05, 4.69) is 40.1 Å². The second kappa shape index (κ2) is 9.87. The molecule has 0 saturated heterocycles. The van der Waals surface area contributed by atoms with E-state index in [0.29, 0.717) is 18.7 Å². The monoisotopic (exact) mass is 453 g/mol. The van der Waals surface area contributed by atoms with Gasteiger partial charge in [-0.3, -0.25) is 4.79 Å². The van der Waals surface area contributed by atoms with Gasteiger partial charge >= 0.3 is 6.03 Å². The molecule has 32 heavy (non-hydrogen) atoms. The van der Waals surface area contributed by atoms with Gasteiger partial charge in [-0.2, -0.15) is 0 Å². The fourth-order valence-corrected chi connectivity index (χ4v) is 4.17. The van der Waals surface area contributed by atoms with Crippen molar-refractivity contribution < 1.29 is 26.6 Å². The number of carbonyl (C=O) groups is 2. The van der Waals surface area contributed by atoms with Crippen molar-refractivity contribution in [3.8, 4) is 0 Å². The largest absolute Gasteiger partial charge is 1.00 e. The van der Waals surface area contributed by atoms with Crippen molar-refractivity contribution in [3.63, 3.8) is 0 Å². The van der Waals surface area contributed by atoms with E-state index in [1.54, 1.807) is 7.05 Å². The van der Waals surface area contributed by atoms with Crippen LogP contribution in [0.5, 0.6) is 0 Å². The molecular formula is C24H28ClN5O2. The normalized spacial score (nSPS) is 10.8. The minimum atomic E-state index is -0.190. The van der Waals surface area contributed by atoms with Crippen molar-refractivity contribution in [3.05, 3.63) is 53.9 Å². The van der Waals surface area contributed by atoms with Crippen LogP contribution in [0.1, 0.15) is 28.8 Å². The lowest BCUT2D eigenvalue weighted by molar-refractivity contribution is -0.670. The number of pyridine rings is 1. The van der Waals surface area contributed by atoms with E-state index >= 15 is 0 Å². The van der Waals surface area contributed by atoms with Crippen LogP contribution in [0.25, 0.3) is 32.6 Å². The van der Waals surface area contributed by atoms with E-state index in [4.69, 9.17) is 0 Å². The molecule has 0 radical (unpaired) electrons. The number of nitrogens with zero attached hydrogens (tertiary/aromatic N) is 1. The van der Waals surface area contributed by atoms with E-state index in [-0.39, 0.29) is 24.3 Å². The summed E-state index contributed by atoms with van der Waals surface area (Å²) >= 11 is 0. The summed E-state index contributed by atoms with van der Waals surface area (Å²) in [4.78, 5) is 28.0. The molecule has 4 aromatic rings. The fraction of sp³-hybridized carbons (Fsp3) is 0.292. The van der Waals surface area contributed by atoms with Gasteiger partial charge in [0, 0.05) is 47.9 Å². The molecule has 2 aromatic carbocycles. The van der Waals surface area contributed by atoms with Crippen LogP contribution in [0.3, 0.4) is 0 Å². The van der Waals surface area contributed by atoms with Crippen LogP contribution in [0.15, 0.2) is 42.7 Å². The topological polar surface area (TPSA) is 89.9 Å². The minimum Gasteiger partial charge on any atom is -1.00 e. The number of aromatic nitrogens is 2. The van der Waals surface area contributed by atoms with E-state index in [1.807, 2.05) is 42.1 Å². The highest BCUT2D eigenvalue weighted by molar-refractivity contribution is 6.24. The molecule has 0 saturated carbocycles. The van der Waals surface area contributed by atoms with Gasteiger partial charge in [0.2, 0.25) is 0 Å². The zero-order valence-corrected chi connectivity index (χ0v) is 19.3. The maximum atomic E-state index is 13.3. The zero-order chi connectivity index (χ0) is 22.0. The number of aromatic amines is 1. The molecule has 0 spiro atoms. The second-order valence-electron chi connectivity index (χ2n) is 7.83. The molecule has 2 aromatic heterocycles. The van der Waals surface area contributed by atoms with Gasteiger partial charge in [-0.1, -0.05) is 18.2 Å². The lowest BCUT2D eigenvalue weighted by Gasteiger charge is -2.12. The summed E-state index contributed by atoms with van der Waals surface area (Å²) in [6, 6.07) is 9.98. The summed E-state index contributed by atoms with van der Waals surface area (Å²) in [5.41, 5.74) is 3.74. The third-order valence-electron chi connectivity index (χ3n) is 5.73. The molecule has 4 N–H and O–H groups in total. The number of carbonyl (C=O) groups excluding carboxylic acids is 2. The first-order valence-corrected chi connectivity index (χ1v) is 10.6. The highest BCUT2D eigenvalue weighted by Crippen LogP contribution is 2.36. The summed E-state index contributed by atoms with van der Waals surface area (Å²) in [6.07, 6.45) is 5.62. The number of H-pyrrole nitrogens is 1. The first-order valence-electron chi connectivity index (χ1n) is 10.6. The van der Waals surface area contributed by atoms with Gasteiger partial charge in [0.15, 0.2) is 12.4 Å². The highest BCUT2D eigenvalue weighted by atomic mass is 35.5. The standard InChI is InChI=1S/C24H27N5O2.ClH/c1-15-18-14-29(3)13-10-16(18)21(22-20(15)17-8-4-5-9-19(17)28-22)23(30)26-11-6-7-12-27-24(31)25-2;/h4-5,8-10,13-14H,6-7,11-12H2,1-3H3,(H3,25,26,27,30,31);1H. The molecule has 0 aliphatic heterocycles. The van der Waals surface area contributed by atoms with E-state index in [0.717, 1.165) is 51.0 Å². The Morgan fingerprint density at radius 3 is 2.47 bits per heavy atom. The van der Waals surface area contributed by atoms with Gasteiger partial charge in [0.1, 0.15) is 7.05 Å². The lowest BCUT2D eigenvalue weighted by atomic mass is 9.95. The lowest BCUT2D eigenvalue weighted by Crippen LogP contribution is -3.00. The summed E-state index contributed by atoms with van der Waals surface area (Å²) < 4.78 is 2.01. The van der Waals surface area contributed by atoms with Crippen LogP contribution in [0, 0.1) is 6.92 Å². The Labute approximate surface area is 193 Å². The van der Waals surface area contributed by atoms with Crippen LogP contribution in [0.4, 0.5) is 4.79 Å². The highest BCUT2D eigenvalue weighted by Gasteiger charge is 2.22. The van der Waals surface area contributed by atoms with Crippen molar-refractivity contribution in [1.29, 1.82) is 0 Å². The predicted octanol–water partition coefficient (Wildman–Crippen LogP) is 0.0502. The number of para-hydroxylation sites is 1. The number of unbranched alkanes of at least 4 members (excludes halogenated alkanes) is 1. The second-order valence-corrected chi connectivity index (χ2v) is 7.83. The third-order valence-corrected chi connectivity index (χ3v) is 5.73. The summed E-state index contributed by atoms with van der Waals surface area (Å²) in [7, 11) is 3.58. The Bertz CT molecular complexity index is 1300. The number of fused-ring (bicyclic) bond motifs is 4. The van der Waals surface area contributed by atoms with Crippen molar-refractivity contribution >= 4 is 44.5 Å². The van der Waals surface area contributed by atoms with Crippen LogP contribution in [-0.4, -0.2) is 37.1 Å². The van der Waals surface area contributed by atoms with Gasteiger partial charge in [-0.05, 0) is 31.4 Å². The van der Waals surface area contributed by atoms with E-state index in [9.17, 15) is 9.59 Å². The maximum Gasteiger partial charge on any atom is 0.314 e. The van der Waals surface area contributed by atoms with Crippen LogP contribution < -0.4 is 32.9 Å². The fourth-order valence-electron chi connectivity index (χ4n) is 4.17. The molecule has 0 aliphatic rings. The average Bonchev–Trinajstić information content (AvgIpc) is 3.15. The molecule has 8 heteroatoms. The van der Waals surface area contributed by atoms with Gasteiger partial charge in [-0.25, -0.2) is 9.36 Å². The number of nitrogens with one attached hydrogen (secondary N) is 4. The molecule has 0 unspecified atom stereocenters. The van der Waals surface area contributed by atoms with Gasteiger partial charge in [0.05, 0.1) is 16.5 Å². The molecule has 7 nitrogen and oxygen atoms in total. The zero-order valence-electron chi connectivity index (χ0n) is 18.5. The number of hydrogen-bond acceptors (Lipinski definition) is 2. The third kappa shape index (κ3) is 4.34. The van der Waals surface area contributed by atoms with Crippen molar-refractivity contribution in [2.75, 3.05) is 20.1 Å². The predicted molar refractivity (Wildman–Crippen MR) is 123 cm³/mol. The quantitative estimate of drug-likeness (QED) is 0.245. The number of aryl methyl sites for hydroxylation is 2. The van der Waals surface area contributed by atoms with Crippen molar-refractivity contribution in [1.82, 2.24) is 20.9 Å². The number of benzene rings is 2. The van der Waals surface area contributed by atoms with Crippen LogP contribution in [-0.2, 0) is 7.05 Å². The van der Waals surface area contributed by atoms with Crippen molar-refractivity contribution in [2.45, 2.75) is 19.8 Å². The maximum absolute atomic E-state index is 13.3. The molecule has 168 valence electrons. The van der Waals surface area contributed by atoms with E-state index in [1.165, 1.54) is 0 Å². The SMILES string of the molecule is CNC(=O)NCCCCNC(=O)c1c2cc[n+](C)cc2c(C)c2c1[nH]c1ccccc12.[Cl-]. The molecule has 3 amide bonds. The molecular weight excluding hydrogens is 426 g/mol. The molecule has 4 rings (SSSR count). The smallest absolute Gasteiger partial charge is 0.314 e. The van der Waals surface area contributed by atoms with Crippen LogP contribution >= 0.6 is 0 Å². The van der Waals surface area contributed by atoms with E-state index < -0.39 is 0 Å². The Morgan fingerprint density at radius 1 is 1.00 bits per heavy atom. The molecule has 0 atom stereocenters. The Balaban J connectivity index is 0.00000289. The minimum absolute atomic E-state index is 0. The van der Waals surface area contributed by atoms with Gasteiger partial charge in [-0.15, -0.1) is 0 Å². The number of halogens is 1. The number of rotatable bonds is 6.